The van der Waals surface area contributed by atoms with Gasteiger partial charge in [0.1, 0.15) is 16.4 Å². The number of benzene rings is 2. The Bertz CT molecular complexity index is 1140. The van der Waals surface area contributed by atoms with Crippen molar-refractivity contribution in [2.45, 2.75) is 13.8 Å². The average Bonchev–Trinajstić information content (AvgIpc) is 3.07. The summed E-state index contributed by atoms with van der Waals surface area (Å²) in [5.41, 5.74) is 0.481. The van der Waals surface area contributed by atoms with E-state index in [2.05, 4.69) is 20.9 Å². The van der Waals surface area contributed by atoms with Crippen LogP contribution in [0, 0.1) is 0 Å². The number of aliphatic hydroxyl groups excluding tert-OH is 1. The van der Waals surface area contributed by atoms with Crippen LogP contribution in [0.3, 0.4) is 0 Å². The third-order valence-electron chi connectivity index (χ3n) is 4.25. The van der Waals surface area contributed by atoms with Gasteiger partial charge in [-0.25, -0.2) is 9.79 Å². The number of aromatic hydroxyl groups is 1. The molecule has 2 N–H and O–H groups in total. The smallest absolute Gasteiger partial charge is 0.344 e. The summed E-state index contributed by atoms with van der Waals surface area (Å²) in [4.78, 5) is 29.3. The highest BCUT2D eigenvalue weighted by Crippen LogP contribution is 2.42. The van der Waals surface area contributed by atoms with Gasteiger partial charge >= 0.3 is 5.97 Å². The second-order valence-corrected chi connectivity index (χ2v) is 8.36. The first-order chi connectivity index (χ1) is 15.3. The van der Waals surface area contributed by atoms with Crippen molar-refractivity contribution in [3.63, 3.8) is 0 Å². The minimum atomic E-state index is -0.797. The average molecular weight is 518 g/mol. The van der Waals surface area contributed by atoms with Crippen LogP contribution in [0.15, 0.2) is 68.2 Å². The second-order valence-electron chi connectivity index (χ2n) is 6.42. The van der Waals surface area contributed by atoms with Crippen molar-refractivity contribution >= 4 is 50.7 Å². The molecule has 7 nitrogen and oxygen atoms in total. The molecule has 1 amide bonds. The Balaban J connectivity index is 2.06. The van der Waals surface area contributed by atoms with Crippen molar-refractivity contribution in [2.75, 3.05) is 13.2 Å². The van der Waals surface area contributed by atoms with Crippen LogP contribution < -0.4 is 4.74 Å². The number of esters is 1. The first kappa shape index (κ1) is 23.6. The molecule has 32 heavy (non-hydrogen) atoms. The Morgan fingerprint density at radius 2 is 1.84 bits per heavy atom. The number of hydrogen-bond acceptors (Lipinski definition) is 7. The van der Waals surface area contributed by atoms with Crippen LogP contribution in [0.2, 0.25) is 0 Å². The largest absolute Gasteiger partial charge is 0.506 e. The number of aliphatic imine (C=N–C) groups is 1. The Kier molecular flexibility index (Phi) is 7.76. The standard InChI is InChI=1S/C23H20BrNO6S/c1-3-30-16-12-15(24)10-14(19(16)26)11-17-20(27)18(23(29)31-4-2)22(32-17)25-21(28)13-8-6-5-7-9-13/h5-12,26-27H,3-4H2,1-2H3/b17-11-,25-22?. The molecule has 2 aromatic rings. The molecule has 0 aliphatic carbocycles. The topological polar surface area (TPSA) is 105 Å². The molecule has 0 spiro atoms. The van der Waals surface area contributed by atoms with Crippen LogP contribution in [0.25, 0.3) is 6.08 Å². The van der Waals surface area contributed by atoms with E-state index in [0.717, 1.165) is 11.8 Å². The highest BCUT2D eigenvalue weighted by molar-refractivity contribution is 9.10. The third-order valence-corrected chi connectivity index (χ3v) is 5.73. The van der Waals surface area contributed by atoms with Crippen molar-refractivity contribution < 1.29 is 29.3 Å². The zero-order valence-electron chi connectivity index (χ0n) is 17.3. The summed E-state index contributed by atoms with van der Waals surface area (Å²) in [5.74, 6) is -1.61. The van der Waals surface area contributed by atoms with Crippen molar-refractivity contribution in [3.8, 4) is 11.5 Å². The summed E-state index contributed by atoms with van der Waals surface area (Å²) in [6, 6.07) is 11.6. The number of carbonyl (C=O) groups excluding carboxylic acids is 2. The molecule has 2 aromatic carbocycles. The Hall–Kier alpha value is -3.04. The van der Waals surface area contributed by atoms with Gasteiger partial charge in [0.2, 0.25) is 0 Å². The molecule has 0 atom stereocenters. The van der Waals surface area contributed by atoms with Crippen LogP contribution in [0.5, 0.6) is 11.5 Å². The number of phenolic OH excluding ortho intramolecular Hbond substituents is 1. The van der Waals surface area contributed by atoms with E-state index in [4.69, 9.17) is 9.47 Å². The van der Waals surface area contributed by atoms with Gasteiger partial charge in [0.15, 0.2) is 11.5 Å². The lowest BCUT2D eigenvalue weighted by atomic mass is 10.1. The molecule has 0 aromatic heterocycles. The van der Waals surface area contributed by atoms with E-state index in [1.165, 1.54) is 6.08 Å². The van der Waals surface area contributed by atoms with Gasteiger partial charge in [-0.2, -0.15) is 0 Å². The maximum absolute atomic E-state index is 12.6. The highest BCUT2D eigenvalue weighted by atomic mass is 79.9. The Morgan fingerprint density at radius 3 is 2.50 bits per heavy atom. The predicted molar refractivity (Wildman–Crippen MR) is 127 cm³/mol. The second kappa shape index (κ2) is 10.5. The van der Waals surface area contributed by atoms with E-state index >= 15 is 0 Å². The van der Waals surface area contributed by atoms with Crippen LogP contribution in [-0.4, -0.2) is 40.3 Å². The van der Waals surface area contributed by atoms with Gasteiger partial charge < -0.3 is 19.7 Å². The monoisotopic (exact) mass is 517 g/mol. The number of ether oxygens (including phenoxy) is 2. The van der Waals surface area contributed by atoms with E-state index in [9.17, 15) is 19.8 Å². The number of aliphatic hydroxyl groups is 1. The SMILES string of the molecule is CCOC(=O)C1=C(O)/C(=C/c2cc(Br)cc(OCC)c2O)SC1=NC(=O)c1ccccc1. The molecule has 0 radical (unpaired) electrons. The van der Waals surface area contributed by atoms with Gasteiger partial charge in [-0.1, -0.05) is 45.9 Å². The summed E-state index contributed by atoms with van der Waals surface area (Å²) >= 11 is 4.29. The number of rotatable bonds is 6. The van der Waals surface area contributed by atoms with Gasteiger partial charge in [-0.3, -0.25) is 4.79 Å². The number of halogens is 1. The molecule has 9 heteroatoms. The van der Waals surface area contributed by atoms with E-state index in [-0.39, 0.29) is 39.4 Å². The fraction of sp³-hybridized carbons (Fsp3) is 0.174. The summed E-state index contributed by atoms with van der Waals surface area (Å²) in [5, 5.41) is 21.3. The Labute approximate surface area is 197 Å². The van der Waals surface area contributed by atoms with Gasteiger partial charge in [0.05, 0.1) is 18.1 Å². The molecular formula is C23H20BrNO6S. The van der Waals surface area contributed by atoms with E-state index < -0.39 is 11.9 Å². The number of carbonyl (C=O) groups is 2. The normalized spacial score (nSPS) is 16.0. The fourth-order valence-electron chi connectivity index (χ4n) is 2.84. The summed E-state index contributed by atoms with van der Waals surface area (Å²) < 4.78 is 11.1. The number of nitrogens with zero attached hydrogens (tertiary/aromatic N) is 1. The molecule has 166 valence electrons. The molecular weight excluding hydrogens is 498 g/mol. The first-order valence-corrected chi connectivity index (χ1v) is 11.3. The van der Waals surface area contributed by atoms with Crippen molar-refractivity contribution in [1.29, 1.82) is 0 Å². The number of thioether (sulfide) groups is 1. The molecule has 0 saturated carbocycles. The number of amides is 1. The quantitative estimate of drug-likeness (QED) is 0.503. The van der Waals surface area contributed by atoms with Gasteiger partial charge in [-0.05, 0) is 44.2 Å². The zero-order valence-corrected chi connectivity index (χ0v) is 19.7. The number of phenols is 1. The third kappa shape index (κ3) is 5.23. The van der Waals surface area contributed by atoms with Gasteiger partial charge in [0, 0.05) is 15.6 Å². The van der Waals surface area contributed by atoms with Gasteiger partial charge in [-0.15, -0.1) is 0 Å². The molecule has 1 aliphatic heterocycles. The zero-order chi connectivity index (χ0) is 23.3. The molecule has 1 heterocycles. The maximum Gasteiger partial charge on any atom is 0.344 e. The summed E-state index contributed by atoms with van der Waals surface area (Å²) in [6.07, 6.45) is 1.48. The molecule has 0 fully saturated rings. The molecule has 0 saturated heterocycles. The minimum absolute atomic E-state index is 0.0144. The molecule has 0 unspecified atom stereocenters. The van der Waals surface area contributed by atoms with Crippen molar-refractivity contribution in [2.24, 2.45) is 4.99 Å². The minimum Gasteiger partial charge on any atom is -0.506 e. The molecule has 1 aliphatic rings. The van der Waals surface area contributed by atoms with E-state index in [1.54, 1.807) is 56.3 Å². The van der Waals surface area contributed by atoms with E-state index in [1.807, 2.05) is 0 Å². The van der Waals surface area contributed by atoms with Crippen LogP contribution in [0.4, 0.5) is 0 Å². The fourth-order valence-corrected chi connectivity index (χ4v) is 4.30. The summed E-state index contributed by atoms with van der Waals surface area (Å²) in [6.45, 7) is 3.86. The predicted octanol–water partition coefficient (Wildman–Crippen LogP) is 5.26. The molecule has 3 rings (SSSR count). The van der Waals surface area contributed by atoms with E-state index in [0.29, 0.717) is 22.2 Å². The van der Waals surface area contributed by atoms with Gasteiger partial charge in [0.25, 0.3) is 5.91 Å². The maximum atomic E-state index is 12.6. The Morgan fingerprint density at radius 1 is 1.12 bits per heavy atom. The van der Waals surface area contributed by atoms with Crippen LogP contribution in [0.1, 0.15) is 29.8 Å². The summed E-state index contributed by atoms with van der Waals surface area (Å²) in [7, 11) is 0. The lowest BCUT2D eigenvalue weighted by Gasteiger charge is -2.09. The van der Waals surface area contributed by atoms with Crippen LogP contribution >= 0.6 is 27.7 Å². The highest BCUT2D eigenvalue weighted by Gasteiger charge is 2.34. The van der Waals surface area contributed by atoms with Crippen LogP contribution in [-0.2, 0) is 9.53 Å². The first-order valence-electron chi connectivity index (χ1n) is 9.69. The lowest BCUT2D eigenvalue weighted by Crippen LogP contribution is -2.14. The van der Waals surface area contributed by atoms with Crippen molar-refractivity contribution in [1.82, 2.24) is 0 Å². The van der Waals surface area contributed by atoms with Crippen molar-refractivity contribution in [3.05, 3.63) is 74.3 Å². The number of hydrogen-bond donors (Lipinski definition) is 2. The lowest BCUT2D eigenvalue weighted by molar-refractivity contribution is -0.138. The molecule has 0 bridgehead atoms.